The van der Waals surface area contributed by atoms with Gasteiger partial charge >= 0.3 is 0 Å². The van der Waals surface area contributed by atoms with Gasteiger partial charge in [0.1, 0.15) is 17.3 Å². The fourth-order valence-corrected chi connectivity index (χ4v) is 5.39. The zero-order valence-electron chi connectivity index (χ0n) is 17.9. The normalized spacial score (nSPS) is 13.2. The van der Waals surface area contributed by atoms with Crippen LogP contribution in [0.2, 0.25) is 0 Å². The summed E-state index contributed by atoms with van der Waals surface area (Å²) in [5.41, 5.74) is 0.612. The molecule has 33 heavy (non-hydrogen) atoms. The van der Waals surface area contributed by atoms with Crippen molar-refractivity contribution in [3.63, 3.8) is 0 Å². The van der Waals surface area contributed by atoms with Crippen molar-refractivity contribution in [3.8, 4) is 5.75 Å². The van der Waals surface area contributed by atoms with Gasteiger partial charge in [-0.25, -0.2) is 12.8 Å². The third kappa shape index (κ3) is 3.93. The summed E-state index contributed by atoms with van der Waals surface area (Å²) in [7, 11) is -2.74. The highest BCUT2D eigenvalue weighted by Gasteiger charge is 2.38. The average Bonchev–Trinajstić information content (AvgIpc) is 3.06. The van der Waals surface area contributed by atoms with E-state index < -0.39 is 27.7 Å². The summed E-state index contributed by atoms with van der Waals surface area (Å²) in [5, 5.41) is 0. The third-order valence-corrected chi connectivity index (χ3v) is 7.29. The number of ether oxygens (including phenoxy) is 1. The van der Waals surface area contributed by atoms with Crippen molar-refractivity contribution < 1.29 is 27.1 Å². The summed E-state index contributed by atoms with van der Waals surface area (Å²) in [6, 6.07) is 12.7. The molecule has 0 unspecified atom stereocenters. The Morgan fingerprint density at radius 3 is 2.42 bits per heavy atom. The molecule has 0 N–H and O–H groups in total. The first kappa shape index (κ1) is 22.4. The molecule has 1 aliphatic heterocycles. The second-order valence-electron chi connectivity index (χ2n) is 7.22. The number of pyridine rings is 1. The van der Waals surface area contributed by atoms with Crippen LogP contribution in [0.4, 0.5) is 10.1 Å². The highest BCUT2D eigenvalue weighted by atomic mass is 32.2. The van der Waals surface area contributed by atoms with Gasteiger partial charge in [0.15, 0.2) is 0 Å². The Morgan fingerprint density at radius 1 is 1.06 bits per heavy atom. The van der Waals surface area contributed by atoms with Crippen LogP contribution in [0, 0.1) is 5.82 Å². The summed E-state index contributed by atoms with van der Waals surface area (Å²) >= 11 is 0. The molecule has 10 heteroatoms. The minimum atomic E-state index is -4.23. The molecule has 2 amide bonds. The molecule has 8 nitrogen and oxygen atoms in total. The molecule has 0 saturated carbocycles. The summed E-state index contributed by atoms with van der Waals surface area (Å²) in [6.45, 7) is 1.38. The molecule has 0 aliphatic carbocycles. The second-order valence-corrected chi connectivity index (χ2v) is 9.05. The summed E-state index contributed by atoms with van der Waals surface area (Å²) < 4.78 is 47.6. The molecule has 1 aliphatic rings. The number of benzene rings is 2. The molecule has 170 valence electrons. The molecule has 0 saturated heterocycles. The van der Waals surface area contributed by atoms with Gasteiger partial charge in [-0.15, -0.1) is 0 Å². The maximum absolute atomic E-state index is 14.2. The summed E-state index contributed by atoms with van der Waals surface area (Å²) in [4.78, 5) is 30.0. The van der Waals surface area contributed by atoms with Crippen LogP contribution in [0.1, 0.15) is 33.3 Å². The Morgan fingerprint density at radius 2 is 1.79 bits per heavy atom. The van der Waals surface area contributed by atoms with E-state index in [0.29, 0.717) is 11.4 Å². The van der Waals surface area contributed by atoms with Crippen molar-refractivity contribution in [2.45, 2.75) is 18.4 Å². The highest BCUT2D eigenvalue weighted by Crippen LogP contribution is 2.30. The quantitative estimate of drug-likeness (QED) is 0.493. The molecular weight excluding hydrogens is 449 g/mol. The number of halogens is 1. The Kier molecular flexibility index (Phi) is 5.86. The van der Waals surface area contributed by atoms with Crippen molar-refractivity contribution in [3.05, 3.63) is 83.4 Å². The molecule has 0 fully saturated rings. The maximum Gasteiger partial charge on any atom is 0.280 e. The Balaban J connectivity index is 1.73. The number of aromatic nitrogens is 1. The number of amides is 2. The van der Waals surface area contributed by atoms with Gasteiger partial charge in [0, 0.05) is 12.7 Å². The van der Waals surface area contributed by atoms with Gasteiger partial charge in [0.2, 0.25) is 0 Å². The lowest BCUT2D eigenvalue weighted by atomic mass is 10.2. The molecule has 3 aromatic rings. The number of imide groups is 1. The molecule has 2 aromatic carbocycles. The number of carbonyl (C=O) groups is 2. The molecule has 4 rings (SSSR count). The number of hydrogen-bond donors (Lipinski definition) is 0. The first-order valence-corrected chi connectivity index (χ1v) is 11.5. The predicted molar refractivity (Wildman–Crippen MR) is 118 cm³/mol. The number of hydrogen-bond acceptors (Lipinski definition) is 6. The Labute approximate surface area is 190 Å². The van der Waals surface area contributed by atoms with Crippen LogP contribution < -0.4 is 9.04 Å². The van der Waals surface area contributed by atoms with E-state index in [2.05, 4.69) is 4.98 Å². The number of fused-ring (bicyclic) bond motifs is 1. The monoisotopic (exact) mass is 469 g/mol. The lowest BCUT2D eigenvalue weighted by molar-refractivity contribution is 0.0639. The van der Waals surface area contributed by atoms with Gasteiger partial charge in [-0.2, -0.15) is 0 Å². The van der Waals surface area contributed by atoms with Crippen molar-refractivity contribution in [2.24, 2.45) is 0 Å². The smallest absolute Gasteiger partial charge is 0.280 e. The van der Waals surface area contributed by atoms with Crippen molar-refractivity contribution >= 4 is 27.5 Å². The van der Waals surface area contributed by atoms with E-state index in [1.54, 1.807) is 31.2 Å². The fraction of sp³-hybridized carbons (Fsp3) is 0.174. The Bertz CT molecular complexity index is 1310. The van der Waals surface area contributed by atoms with Crippen LogP contribution in [0.3, 0.4) is 0 Å². The van der Waals surface area contributed by atoms with E-state index in [0.717, 1.165) is 21.3 Å². The summed E-state index contributed by atoms with van der Waals surface area (Å²) in [5.74, 6) is -1.42. The van der Waals surface area contributed by atoms with Gasteiger partial charge in [-0.3, -0.25) is 23.8 Å². The van der Waals surface area contributed by atoms with Gasteiger partial charge in [-0.1, -0.05) is 6.07 Å². The largest absolute Gasteiger partial charge is 0.497 e. The number of carbonyl (C=O) groups excluding carboxylic acids is 2. The van der Waals surface area contributed by atoms with E-state index in [-0.39, 0.29) is 34.8 Å². The fourth-order valence-electron chi connectivity index (χ4n) is 3.69. The first-order valence-electron chi connectivity index (χ1n) is 10.0. The van der Waals surface area contributed by atoms with Gasteiger partial charge in [-0.05, 0) is 61.0 Å². The Hall–Kier alpha value is -3.79. The van der Waals surface area contributed by atoms with E-state index in [1.807, 2.05) is 0 Å². The van der Waals surface area contributed by atoms with Crippen LogP contribution in [-0.4, -0.2) is 43.8 Å². The maximum atomic E-state index is 14.2. The van der Waals surface area contributed by atoms with Crippen LogP contribution in [0.15, 0.2) is 65.7 Å². The second kappa shape index (κ2) is 8.62. The molecule has 1 aromatic heterocycles. The van der Waals surface area contributed by atoms with Gasteiger partial charge in [0.25, 0.3) is 21.8 Å². The number of sulfonamides is 1. The van der Waals surface area contributed by atoms with Gasteiger partial charge < -0.3 is 4.74 Å². The third-order valence-electron chi connectivity index (χ3n) is 5.30. The van der Waals surface area contributed by atoms with Crippen molar-refractivity contribution in [2.75, 3.05) is 18.0 Å². The van der Waals surface area contributed by atoms with Crippen molar-refractivity contribution in [1.29, 1.82) is 0 Å². The molecule has 0 spiro atoms. The molecule has 0 radical (unpaired) electrons. The number of anilines is 1. The number of methoxy groups -OCH3 is 1. The average molecular weight is 469 g/mol. The van der Waals surface area contributed by atoms with Crippen molar-refractivity contribution in [1.82, 2.24) is 9.88 Å². The summed E-state index contributed by atoms with van der Waals surface area (Å²) in [6.07, 6.45) is 1.40. The number of nitrogens with zero attached hydrogens (tertiary/aromatic N) is 3. The molecule has 0 bridgehead atoms. The predicted octanol–water partition coefficient (Wildman–Crippen LogP) is 3.24. The SMILES string of the molecule is CCN(c1ccc(OC)cc1)S(=O)(=O)c1cc(F)ccc1CN1C(=O)c2cccnc2C1=O. The lowest BCUT2D eigenvalue weighted by Gasteiger charge is -2.25. The van der Waals surface area contributed by atoms with E-state index in [4.69, 9.17) is 4.74 Å². The van der Waals surface area contributed by atoms with E-state index in [9.17, 15) is 22.4 Å². The minimum Gasteiger partial charge on any atom is -0.497 e. The van der Waals surface area contributed by atoms with E-state index in [1.165, 1.54) is 31.5 Å². The van der Waals surface area contributed by atoms with Gasteiger partial charge in [0.05, 0.1) is 29.8 Å². The minimum absolute atomic E-state index is 0.00226. The first-order chi connectivity index (χ1) is 15.8. The highest BCUT2D eigenvalue weighted by molar-refractivity contribution is 7.92. The van der Waals surface area contributed by atoms with Crippen LogP contribution in [0.25, 0.3) is 0 Å². The molecule has 0 atom stereocenters. The number of rotatable bonds is 7. The topological polar surface area (TPSA) is 96.9 Å². The molecule has 2 heterocycles. The van der Waals surface area contributed by atoms with Crippen LogP contribution >= 0.6 is 0 Å². The standard InChI is InChI=1S/C23H20FN3O5S/c1-3-27(17-8-10-18(32-2)11-9-17)33(30,31)20-13-16(24)7-6-15(20)14-26-22(28)19-5-4-12-25-21(19)23(26)29/h4-13H,3,14H2,1-2H3. The lowest BCUT2D eigenvalue weighted by Crippen LogP contribution is -2.34. The zero-order chi connectivity index (χ0) is 23.8. The zero-order valence-corrected chi connectivity index (χ0v) is 18.7. The van der Waals surface area contributed by atoms with E-state index >= 15 is 0 Å². The van der Waals surface area contributed by atoms with Crippen LogP contribution in [0.5, 0.6) is 5.75 Å². The van der Waals surface area contributed by atoms with Crippen LogP contribution in [-0.2, 0) is 16.6 Å². The molecular formula is C23H20FN3O5S.